The standard InChI is InChI=1S/C15H20BrN3O4/c1-3-9(2)13(14(22)17-8-12(20)21)19-15(23)18-11-6-4-10(16)5-7-11/h4-7,9,13H,3,8H2,1-2H3,(H,17,22)(H,20,21)(H2,18,19,23)/t9-,13-/m1/s1. The van der Waals surface area contributed by atoms with Crippen LogP contribution >= 0.6 is 15.9 Å². The van der Waals surface area contributed by atoms with E-state index in [4.69, 9.17) is 5.11 Å². The topological polar surface area (TPSA) is 108 Å². The van der Waals surface area contributed by atoms with Crippen molar-refractivity contribution in [3.63, 3.8) is 0 Å². The number of hydrogen-bond acceptors (Lipinski definition) is 3. The monoisotopic (exact) mass is 385 g/mol. The van der Waals surface area contributed by atoms with Crippen molar-refractivity contribution in [1.82, 2.24) is 10.6 Å². The molecule has 0 radical (unpaired) electrons. The first-order valence-corrected chi connectivity index (χ1v) is 7.95. The highest BCUT2D eigenvalue weighted by Gasteiger charge is 2.26. The highest BCUT2D eigenvalue weighted by Crippen LogP contribution is 2.14. The zero-order chi connectivity index (χ0) is 17.4. The minimum absolute atomic E-state index is 0.139. The maximum absolute atomic E-state index is 12.1. The van der Waals surface area contributed by atoms with Crippen molar-refractivity contribution in [1.29, 1.82) is 0 Å². The van der Waals surface area contributed by atoms with Gasteiger partial charge < -0.3 is 21.1 Å². The molecule has 126 valence electrons. The van der Waals surface area contributed by atoms with Crippen LogP contribution in [0.2, 0.25) is 0 Å². The average Bonchev–Trinajstić information content (AvgIpc) is 2.51. The molecule has 0 saturated heterocycles. The second-order valence-corrected chi connectivity index (χ2v) is 6.00. The summed E-state index contributed by atoms with van der Waals surface area (Å²) in [6.45, 7) is 3.21. The van der Waals surface area contributed by atoms with E-state index in [0.717, 1.165) is 4.47 Å². The van der Waals surface area contributed by atoms with Crippen LogP contribution in [0.4, 0.5) is 10.5 Å². The molecule has 0 fully saturated rings. The molecule has 4 N–H and O–H groups in total. The summed E-state index contributed by atoms with van der Waals surface area (Å²) in [6.07, 6.45) is 0.656. The predicted molar refractivity (Wildman–Crippen MR) is 90.2 cm³/mol. The minimum atomic E-state index is -1.14. The zero-order valence-electron chi connectivity index (χ0n) is 12.9. The lowest BCUT2D eigenvalue weighted by molar-refractivity contribution is -0.138. The van der Waals surface area contributed by atoms with Crippen LogP contribution in [0.25, 0.3) is 0 Å². The number of anilines is 1. The number of benzene rings is 1. The molecule has 1 aromatic rings. The van der Waals surface area contributed by atoms with E-state index in [0.29, 0.717) is 12.1 Å². The number of amides is 3. The molecule has 0 aliphatic heterocycles. The Kier molecular flexibility index (Phi) is 7.53. The third kappa shape index (κ3) is 6.68. The molecule has 8 heteroatoms. The highest BCUT2D eigenvalue weighted by atomic mass is 79.9. The van der Waals surface area contributed by atoms with Gasteiger partial charge >= 0.3 is 12.0 Å². The normalized spacial score (nSPS) is 12.8. The molecule has 0 heterocycles. The third-order valence-corrected chi connectivity index (χ3v) is 3.83. The molecule has 1 aromatic carbocycles. The fraction of sp³-hybridized carbons (Fsp3) is 0.400. The van der Waals surface area contributed by atoms with Gasteiger partial charge in [0, 0.05) is 10.2 Å². The minimum Gasteiger partial charge on any atom is -0.480 e. The van der Waals surface area contributed by atoms with E-state index in [9.17, 15) is 14.4 Å². The predicted octanol–water partition coefficient (Wildman–Crippen LogP) is 2.19. The second kappa shape index (κ2) is 9.14. The molecule has 2 atom stereocenters. The van der Waals surface area contributed by atoms with E-state index < -0.39 is 30.5 Å². The van der Waals surface area contributed by atoms with Gasteiger partial charge in [-0.15, -0.1) is 0 Å². The van der Waals surface area contributed by atoms with Crippen LogP contribution in [-0.2, 0) is 9.59 Å². The molecule has 0 saturated carbocycles. The van der Waals surface area contributed by atoms with Crippen LogP contribution in [-0.4, -0.2) is 35.6 Å². The van der Waals surface area contributed by atoms with Gasteiger partial charge in [0.25, 0.3) is 0 Å². The summed E-state index contributed by atoms with van der Waals surface area (Å²) in [5, 5.41) is 16.1. The largest absolute Gasteiger partial charge is 0.480 e. The smallest absolute Gasteiger partial charge is 0.322 e. The lowest BCUT2D eigenvalue weighted by Gasteiger charge is -2.23. The lowest BCUT2D eigenvalue weighted by Crippen LogP contribution is -2.52. The molecule has 0 aliphatic carbocycles. The van der Waals surface area contributed by atoms with Crippen LogP contribution in [0.15, 0.2) is 28.7 Å². The van der Waals surface area contributed by atoms with Crippen LogP contribution < -0.4 is 16.0 Å². The van der Waals surface area contributed by atoms with Crippen LogP contribution in [0.5, 0.6) is 0 Å². The third-order valence-electron chi connectivity index (χ3n) is 3.30. The zero-order valence-corrected chi connectivity index (χ0v) is 14.5. The van der Waals surface area contributed by atoms with Crippen molar-refractivity contribution in [2.45, 2.75) is 26.3 Å². The number of halogens is 1. The first kappa shape index (κ1) is 19.0. The van der Waals surface area contributed by atoms with Crippen molar-refractivity contribution in [3.05, 3.63) is 28.7 Å². The van der Waals surface area contributed by atoms with E-state index in [1.807, 2.05) is 13.8 Å². The second-order valence-electron chi connectivity index (χ2n) is 5.08. The summed E-state index contributed by atoms with van der Waals surface area (Å²) in [7, 11) is 0. The summed E-state index contributed by atoms with van der Waals surface area (Å²) in [6, 6.07) is 5.65. The molecular weight excluding hydrogens is 366 g/mol. The fourth-order valence-corrected chi connectivity index (χ4v) is 2.08. The summed E-state index contributed by atoms with van der Waals surface area (Å²) in [5.41, 5.74) is 0.583. The number of carbonyl (C=O) groups excluding carboxylic acids is 2. The number of carboxylic acids is 1. The molecular formula is C15H20BrN3O4. The van der Waals surface area contributed by atoms with Crippen molar-refractivity contribution in [3.8, 4) is 0 Å². The fourth-order valence-electron chi connectivity index (χ4n) is 1.82. The Balaban J connectivity index is 2.68. The van der Waals surface area contributed by atoms with Gasteiger partial charge in [-0.05, 0) is 30.2 Å². The summed E-state index contributed by atoms with van der Waals surface area (Å²) in [5.74, 6) is -1.80. The SMILES string of the molecule is CC[C@@H](C)[C@@H](NC(=O)Nc1ccc(Br)cc1)C(=O)NCC(=O)O. The molecule has 0 spiro atoms. The van der Waals surface area contributed by atoms with Gasteiger partial charge in [0.15, 0.2) is 0 Å². The highest BCUT2D eigenvalue weighted by molar-refractivity contribution is 9.10. The molecule has 3 amide bonds. The van der Waals surface area contributed by atoms with Crippen LogP contribution in [0, 0.1) is 5.92 Å². The lowest BCUT2D eigenvalue weighted by atomic mass is 9.98. The number of urea groups is 1. The van der Waals surface area contributed by atoms with Gasteiger partial charge in [-0.2, -0.15) is 0 Å². The molecule has 0 aromatic heterocycles. The number of rotatable bonds is 7. The molecule has 0 unspecified atom stereocenters. The molecule has 0 bridgehead atoms. The number of nitrogens with one attached hydrogen (secondary N) is 3. The van der Waals surface area contributed by atoms with Gasteiger partial charge in [-0.1, -0.05) is 36.2 Å². The number of carboxylic acid groups (broad SMARTS) is 1. The Hall–Kier alpha value is -2.09. The van der Waals surface area contributed by atoms with E-state index >= 15 is 0 Å². The molecule has 0 aliphatic rings. The van der Waals surface area contributed by atoms with Gasteiger partial charge in [0.05, 0.1) is 0 Å². The van der Waals surface area contributed by atoms with Gasteiger partial charge in [-0.3, -0.25) is 9.59 Å². The number of hydrogen-bond donors (Lipinski definition) is 4. The van der Waals surface area contributed by atoms with Crippen molar-refractivity contribution < 1.29 is 19.5 Å². The Morgan fingerprint density at radius 3 is 2.35 bits per heavy atom. The van der Waals surface area contributed by atoms with E-state index in [1.54, 1.807) is 24.3 Å². The van der Waals surface area contributed by atoms with Gasteiger partial charge in [0.2, 0.25) is 5.91 Å². The summed E-state index contributed by atoms with van der Waals surface area (Å²) >= 11 is 3.30. The maximum atomic E-state index is 12.1. The van der Waals surface area contributed by atoms with E-state index in [1.165, 1.54) is 0 Å². The Morgan fingerprint density at radius 1 is 1.22 bits per heavy atom. The van der Waals surface area contributed by atoms with E-state index in [-0.39, 0.29) is 5.92 Å². The Labute approximate surface area is 143 Å². The summed E-state index contributed by atoms with van der Waals surface area (Å²) in [4.78, 5) is 34.6. The van der Waals surface area contributed by atoms with Crippen LogP contribution in [0.3, 0.4) is 0 Å². The number of aliphatic carboxylic acids is 1. The van der Waals surface area contributed by atoms with Crippen molar-refractivity contribution in [2.75, 3.05) is 11.9 Å². The number of carbonyl (C=O) groups is 3. The molecule has 1 rings (SSSR count). The Morgan fingerprint density at radius 2 is 1.83 bits per heavy atom. The maximum Gasteiger partial charge on any atom is 0.322 e. The van der Waals surface area contributed by atoms with Crippen LogP contribution in [0.1, 0.15) is 20.3 Å². The Bertz CT molecular complexity index is 562. The molecule has 7 nitrogen and oxygen atoms in total. The quantitative estimate of drug-likeness (QED) is 0.576. The summed E-state index contributed by atoms with van der Waals surface area (Å²) < 4.78 is 0.883. The van der Waals surface area contributed by atoms with Gasteiger partial charge in [-0.25, -0.2) is 4.79 Å². The first-order chi connectivity index (χ1) is 10.8. The average molecular weight is 386 g/mol. The van der Waals surface area contributed by atoms with Crippen molar-refractivity contribution >= 4 is 39.5 Å². The van der Waals surface area contributed by atoms with Crippen molar-refractivity contribution in [2.24, 2.45) is 5.92 Å². The molecule has 23 heavy (non-hydrogen) atoms. The first-order valence-electron chi connectivity index (χ1n) is 7.16. The van der Waals surface area contributed by atoms with E-state index in [2.05, 4.69) is 31.9 Å². The van der Waals surface area contributed by atoms with Gasteiger partial charge in [0.1, 0.15) is 12.6 Å².